The topological polar surface area (TPSA) is 63.1 Å². The van der Waals surface area contributed by atoms with Crippen LogP contribution < -0.4 is 16.2 Å². The van der Waals surface area contributed by atoms with Gasteiger partial charge in [-0.05, 0) is 24.4 Å². The Kier molecular flexibility index (Phi) is 2.93. The Morgan fingerprint density at radius 2 is 2.21 bits per heavy atom. The van der Waals surface area contributed by atoms with Crippen molar-refractivity contribution in [3.63, 3.8) is 0 Å². The summed E-state index contributed by atoms with van der Waals surface area (Å²) in [6, 6.07) is 3.47. The lowest BCUT2D eigenvalue weighted by Crippen LogP contribution is -2.49. The van der Waals surface area contributed by atoms with Gasteiger partial charge in [0.2, 0.25) is 5.91 Å². The second-order valence-corrected chi connectivity index (χ2v) is 5.68. The third-order valence-corrected chi connectivity index (χ3v) is 4.43. The fraction of sp³-hybridized carbons (Fsp3) is 0.571. The predicted octanol–water partition coefficient (Wildman–Crippen LogP) is 0.759. The van der Waals surface area contributed by atoms with E-state index in [1.807, 2.05) is 10.6 Å². The maximum atomic E-state index is 12.2. The number of nitrogens with one attached hydrogen (secondary N) is 2. The number of nitrogens with zero attached hydrogens (tertiary/aromatic N) is 1. The highest BCUT2D eigenvalue weighted by atomic mass is 16.1. The highest BCUT2D eigenvalue weighted by Crippen LogP contribution is 2.37. The van der Waals surface area contributed by atoms with Crippen LogP contribution in [0.3, 0.4) is 0 Å². The van der Waals surface area contributed by atoms with E-state index in [4.69, 9.17) is 0 Å². The normalized spacial score (nSPS) is 28.6. The van der Waals surface area contributed by atoms with E-state index in [1.165, 1.54) is 13.0 Å². The van der Waals surface area contributed by atoms with Crippen LogP contribution >= 0.6 is 0 Å². The zero-order chi connectivity index (χ0) is 13.6. The van der Waals surface area contributed by atoms with Crippen LogP contribution in [0, 0.1) is 11.8 Å². The molecule has 1 aromatic rings. The van der Waals surface area contributed by atoms with E-state index in [9.17, 15) is 9.59 Å². The number of hydrogen-bond acceptors (Lipinski definition) is 3. The first-order valence-electron chi connectivity index (χ1n) is 6.79. The molecule has 5 heteroatoms. The molecule has 0 saturated carbocycles. The van der Waals surface area contributed by atoms with E-state index in [0.717, 1.165) is 25.3 Å². The Balaban J connectivity index is 2.07. The first-order valence-corrected chi connectivity index (χ1v) is 6.79. The fourth-order valence-electron chi connectivity index (χ4n) is 3.36. The van der Waals surface area contributed by atoms with Crippen LogP contribution in [-0.2, 0) is 11.3 Å². The molecule has 1 saturated heterocycles. The Morgan fingerprint density at radius 3 is 2.95 bits per heavy atom. The highest BCUT2D eigenvalue weighted by Gasteiger charge is 2.37. The summed E-state index contributed by atoms with van der Waals surface area (Å²) in [4.78, 5) is 23.3. The van der Waals surface area contributed by atoms with Gasteiger partial charge in [-0.25, -0.2) is 0 Å². The predicted molar refractivity (Wildman–Crippen MR) is 73.3 cm³/mol. The summed E-state index contributed by atoms with van der Waals surface area (Å²) in [6.07, 6.45) is 0. The minimum absolute atomic E-state index is 0.00921. The molecule has 1 amide bonds. The number of aromatic nitrogens is 1. The third kappa shape index (κ3) is 2.08. The molecule has 1 fully saturated rings. The van der Waals surface area contributed by atoms with Gasteiger partial charge < -0.3 is 15.2 Å². The number of pyridine rings is 1. The summed E-state index contributed by atoms with van der Waals surface area (Å²) in [7, 11) is 0. The molecule has 3 heterocycles. The van der Waals surface area contributed by atoms with Crippen molar-refractivity contribution in [3.8, 4) is 0 Å². The van der Waals surface area contributed by atoms with Crippen molar-refractivity contribution in [1.29, 1.82) is 0 Å². The number of carbonyl (C=O) groups is 1. The molecule has 2 unspecified atom stereocenters. The van der Waals surface area contributed by atoms with E-state index in [1.54, 1.807) is 0 Å². The van der Waals surface area contributed by atoms with Gasteiger partial charge in [-0.1, -0.05) is 6.92 Å². The molecule has 0 radical (unpaired) electrons. The van der Waals surface area contributed by atoms with Crippen molar-refractivity contribution in [2.24, 2.45) is 11.8 Å². The number of rotatable bonds is 1. The smallest absolute Gasteiger partial charge is 0.252 e. The van der Waals surface area contributed by atoms with Crippen molar-refractivity contribution in [1.82, 2.24) is 9.88 Å². The summed E-state index contributed by atoms with van der Waals surface area (Å²) in [5.41, 5.74) is 1.65. The van der Waals surface area contributed by atoms with Gasteiger partial charge >= 0.3 is 0 Å². The largest absolute Gasteiger partial charge is 0.326 e. The Labute approximate surface area is 112 Å². The number of carbonyl (C=O) groups excluding carboxylic acids is 1. The van der Waals surface area contributed by atoms with Crippen molar-refractivity contribution in [2.75, 3.05) is 18.4 Å². The van der Waals surface area contributed by atoms with E-state index >= 15 is 0 Å². The minimum Gasteiger partial charge on any atom is -0.326 e. The summed E-state index contributed by atoms with van der Waals surface area (Å²) in [5.74, 6) is 1.31. The molecule has 5 nitrogen and oxygen atoms in total. The van der Waals surface area contributed by atoms with Crippen molar-refractivity contribution < 1.29 is 4.79 Å². The SMILES string of the molecule is CC(=O)Nc1cc2n(c(=O)c1)CC1CNC[C@@H]2C1C. The van der Waals surface area contributed by atoms with Gasteiger partial charge in [0.15, 0.2) is 0 Å². The zero-order valence-electron chi connectivity index (χ0n) is 11.3. The van der Waals surface area contributed by atoms with Crippen molar-refractivity contribution >= 4 is 11.6 Å². The molecule has 0 aliphatic carbocycles. The molecule has 0 aromatic carbocycles. The van der Waals surface area contributed by atoms with Gasteiger partial charge in [-0.2, -0.15) is 0 Å². The molecule has 2 aliphatic rings. The summed E-state index contributed by atoms with van der Waals surface area (Å²) in [6.45, 7) is 6.38. The maximum absolute atomic E-state index is 12.2. The van der Waals surface area contributed by atoms with E-state index < -0.39 is 0 Å². The molecule has 3 atom stereocenters. The first-order chi connectivity index (χ1) is 9.06. The molecule has 2 N–H and O–H groups in total. The zero-order valence-corrected chi connectivity index (χ0v) is 11.3. The Bertz CT molecular complexity index is 579. The molecule has 2 bridgehead atoms. The lowest BCUT2D eigenvalue weighted by atomic mass is 9.75. The molecule has 102 valence electrons. The Morgan fingerprint density at radius 1 is 1.42 bits per heavy atom. The molecular weight excluding hydrogens is 242 g/mol. The van der Waals surface area contributed by atoms with Crippen LogP contribution in [0.4, 0.5) is 5.69 Å². The summed E-state index contributed by atoms with van der Waals surface area (Å²) >= 11 is 0. The van der Waals surface area contributed by atoms with Crippen LogP contribution in [0.15, 0.2) is 16.9 Å². The van der Waals surface area contributed by atoms with Gasteiger partial charge in [0, 0.05) is 43.4 Å². The summed E-state index contributed by atoms with van der Waals surface area (Å²) in [5, 5.41) is 6.15. The monoisotopic (exact) mass is 261 g/mol. The van der Waals surface area contributed by atoms with Crippen LogP contribution in [0.1, 0.15) is 25.5 Å². The van der Waals surface area contributed by atoms with Crippen LogP contribution in [0.5, 0.6) is 0 Å². The van der Waals surface area contributed by atoms with Gasteiger partial charge in [0.25, 0.3) is 5.56 Å². The molecule has 2 aliphatic heterocycles. The minimum atomic E-state index is -0.146. The maximum Gasteiger partial charge on any atom is 0.252 e. The molecule has 1 aromatic heterocycles. The van der Waals surface area contributed by atoms with E-state index in [2.05, 4.69) is 17.6 Å². The number of anilines is 1. The van der Waals surface area contributed by atoms with Gasteiger partial charge in [-0.15, -0.1) is 0 Å². The van der Waals surface area contributed by atoms with Crippen LogP contribution in [0.2, 0.25) is 0 Å². The highest BCUT2D eigenvalue weighted by molar-refractivity contribution is 5.88. The molecule has 3 rings (SSSR count). The van der Waals surface area contributed by atoms with Gasteiger partial charge in [0.1, 0.15) is 0 Å². The quantitative estimate of drug-likeness (QED) is 0.784. The average molecular weight is 261 g/mol. The lowest BCUT2D eigenvalue weighted by molar-refractivity contribution is -0.114. The van der Waals surface area contributed by atoms with E-state index in [0.29, 0.717) is 23.4 Å². The third-order valence-electron chi connectivity index (χ3n) is 4.43. The molecule has 0 spiro atoms. The average Bonchev–Trinajstić information content (AvgIpc) is 2.30. The number of amides is 1. The first kappa shape index (κ1) is 12.4. The van der Waals surface area contributed by atoms with Crippen LogP contribution in [0.25, 0.3) is 0 Å². The van der Waals surface area contributed by atoms with Crippen LogP contribution in [-0.4, -0.2) is 23.6 Å². The lowest BCUT2D eigenvalue weighted by Gasteiger charge is -2.43. The summed E-state index contributed by atoms with van der Waals surface area (Å²) < 4.78 is 1.88. The van der Waals surface area contributed by atoms with Gasteiger partial charge in [-0.3, -0.25) is 9.59 Å². The number of fused-ring (bicyclic) bond motifs is 4. The van der Waals surface area contributed by atoms with E-state index in [-0.39, 0.29) is 11.5 Å². The van der Waals surface area contributed by atoms with Crippen molar-refractivity contribution in [2.45, 2.75) is 26.3 Å². The molecule has 19 heavy (non-hydrogen) atoms. The Hall–Kier alpha value is -1.62. The second-order valence-electron chi connectivity index (χ2n) is 5.68. The fourth-order valence-corrected chi connectivity index (χ4v) is 3.36. The molecular formula is C14H19N3O2. The number of hydrogen-bond donors (Lipinski definition) is 2. The number of piperidine rings is 1. The van der Waals surface area contributed by atoms with Gasteiger partial charge in [0.05, 0.1) is 0 Å². The second kappa shape index (κ2) is 4.49. The van der Waals surface area contributed by atoms with Crippen molar-refractivity contribution in [3.05, 3.63) is 28.2 Å². The standard InChI is InChI=1S/C14H19N3O2/c1-8-10-5-15-6-12(8)13-3-11(16-9(2)18)4-14(19)17(13)7-10/h3-4,8,10,12,15H,5-7H2,1-2H3,(H,16,18)/t8?,10?,12-/m1/s1.